The molecule has 2 aromatic rings. The Morgan fingerprint density at radius 2 is 1.18 bits per heavy atom. The molecule has 2 rings (SSSR count). The Kier molecular flexibility index (Phi) is 3.61. The van der Waals surface area contributed by atoms with Gasteiger partial charge in [-0.15, -0.1) is 0 Å². The van der Waals surface area contributed by atoms with Crippen molar-refractivity contribution in [2.75, 3.05) is 11.5 Å². The first-order valence-electron chi connectivity index (χ1n) is 5.46. The molecule has 3 heteroatoms. The molecule has 0 radical (unpaired) electrons. The maximum absolute atomic E-state index is 5.82. The summed E-state index contributed by atoms with van der Waals surface area (Å²) in [6.45, 7) is 4.11. The molecule has 0 saturated carbocycles. The molecule has 0 spiro atoms. The molecular weight excluding hydrogens is 324 g/mol. The predicted molar refractivity (Wildman–Crippen MR) is 76.2 cm³/mol. The van der Waals surface area contributed by atoms with Crippen molar-refractivity contribution in [1.82, 2.24) is 0 Å². The molecule has 0 aliphatic heterocycles. The Hall–Kier alpha value is -1.17. The Labute approximate surface area is 112 Å². The molecule has 0 aliphatic rings. The molecule has 0 saturated heterocycles. The fourth-order valence-corrected chi connectivity index (χ4v) is 4.46. The van der Waals surface area contributed by atoms with Crippen molar-refractivity contribution in [3.8, 4) is 0 Å². The standard InChI is InChI=1S/C14H16N2Te/c1-9-7-11(3-5-13(9)15)17-12-4-6-14(16)10(2)8-12/h3-8H,15-16H2,1-2H3. The van der Waals surface area contributed by atoms with E-state index in [1.165, 1.54) is 18.3 Å². The number of benzene rings is 2. The van der Waals surface area contributed by atoms with E-state index in [0.717, 1.165) is 11.4 Å². The van der Waals surface area contributed by atoms with Crippen LogP contribution in [0.5, 0.6) is 0 Å². The number of nitrogen functional groups attached to an aromatic ring is 2. The van der Waals surface area contributed by atoms with Gasteiger partial charge in [-0.2, -0.15) is 0 Å². The summed E-state index contributed by atoms with van der Waals surface area (Å²) in [6, 6.07) is 12.7. The molecule has 17 heavy (non-hydrogen) atoms. The Morgan fingerprint density at radius 1 is 0.765 bits per heavy atom. The molecule has 0 bridgehead atoms. The van der Waals surface area contributed by atoms with Gasteiger partial charge in [0.25, 0.3) is 0 Å². The van der Waals surface area contributed by atoms with Gasteiger partial charge in [0.1, 0.15) is 0 Å². The molecule has 88 valence electrons. The van der Waals surface area contributed by atoms with Gasteiger partial charge in [-0.25, -0.2) is 0 Å². The van der Waals surface area contributed by atoms with Crippen LogP contribution in [0.4, 0.5) is 11.4 Å². The van der Waals surface area contributed by atoms with Crippen LogP contribution in [-0.4, -0.2) is 20.9 Å². The van der Waals surface area contributed by atoms with Crippen LogP contribution in [0, 0.1) is 13.8 Å². The molecule has 0 amide bonds. The predicted octanol–water partition coefficient (Wildman–Crippen LogP) is 1.12. The summed E-state index contributed by atoms with van der Waals surface area (Å²) in [4.78, 5) is 0. The van der Waals surface area contributed by atoms with Crippen LogP contribution in [-0.2, 0) is 0 Å². The molecule has 2 aromatic carbocycles. The van der Waals surface area contributed by atoms with E-state index in [1.54, 1.807) is 0 Å². The minimum atomic E-state index is -0.334. The van der Waals surface area contributed by atoms with Crippen LogP contribution in [0.3, 0.4) is 0 Å². The zero-order valence-electron chi connectivity index (χ0n) is 10.0. The Morgan fingerprint density at radius 3 is 1.53 bits per heavy atom. The average molecular weight is 340 g/mol. The van der Waals surface area contributed by atoms with Gasteiger partial charge in [-0.1, -0.05) is 0 Å². The summed E-state index contributed by atoms with van der Waals surface area (Å²) >= 11 is -0.334. The zero-order chi connectivity index (χ0) is 12.4. The second-order valence-corrected chi connectivity index (χ2v) is 7.41. The van der Waals surface area contributed by atoms with E-state index in [9.17, 15) is 0 Å². The zero-order valence-corrected chi connectivity index (χ0v) is 12.4. The summed E-state index contributed by atoms with van der Waals surface area (Å²) in [5, 5.41) is 0. The third kappa shape index (κ3) is 2.94. The van der Waals surface area contributed by atoms with E-state index in [4.69, 9.17) is 11.5 Å². The number of hydrogen-bond acceptors (Lipinski definition) is 2. The first-order valence-corrected chi connectivity index (χ1v) is 7.79. The van der Waals surface area contributed by atoms with Crippen molar-refractivity contribution in [1.29, 1.82) is 0 Å². The van der Waals surface area contributed by atoms with Gasteiger partial charge < -0.3 is 0 Å². The molecule has 0 aromatic heterocycles. The molecule has 2 nitrogen and oxygen atoms in total. The Balaban J connectivity index is 2.25. The van der Waals surface area contributed by atoms with E-state index in [0.29, 0.717) is 0 Å². The van der Waals surface area contributed by atoms with E-state index < -0.39 is 0 Å². The van der Waals surface area contributed by atoms with Crippen LogP contribution >= 0.6 is 0 Å². The number of rotatable bonds is 2. The normalized spacial score (nSPS) is 10.5. The minimum absolute atomic E-state index is 0.334. The summed E-state index contributed by atoms with van der Waals surface area (Å²) in [6.07, 6.45) is 0. The fourth-order valence-electron chi connectivity index (χ4n) is 1.56. The summed E-state index contributed by atoms with van der Waals surface area (Å²) < 4.78 is 2.82. The van der Waals surface area contributed by atoms with E-state index in [-0.39, 0.29) is 20.9 Å². The van der Waals surface area contributed by atoms with Gasteiger partial charge in [0.05, 0.1) is 0 Å². The van der Waals surface area contributed by atoms with Crippen molar-refractivity contribution in [3.63, 3.8) is 0 Å². The van der Waals surface area contributed by atoms with Crippen LogP contribution in [0.1, 0.15) is 11.1 Å². The third-order valence-corrected chi connectivity index (χ3v) is 5.51. The molecular formula is C14H16N2Te. The third-order valence-electron chi connectivity index (χ3n) is 2.72. The van der Waals surface area contributed by atoms with Crippen molar-refractivity contribution in [2.45, 2.75) is 13.8 Å². The quantitative estimate of drug-likeness (QED) is 0.636. The van der Waals surface area contributed by atoms with Crippen molar-refractivity contribution >= 4 is 39.5 Å². The second-order valence-electron chi connectivity index (χ2n) is 4.14. The van der Waals surface area contributed by atoms with Gasteiger partial charge >= 0.3 is 112 Å². The van der Waals surface area contributed by atoms with Gasteiger partial charge in [-0.3, -0.25) is 0 Å². The van der Waals surface area contributed by atoms with Crippen molar-refractivity contribution in [3.05, 3.63) is 47.5 Å². The summed E-state index contributed by atoms with van der Waals surface area (Å²) in [5.41, 5.74) is 15.7. The molecule has 0 aliphatic carbocycles. The molecule has 4 N–H and O–H groups in total. The van der Waals surface area contributed by atoms with E-state index in [1.807, 2.05) is 12.1 Å². The fraction of sp³-hybridized carbons (Fsp3) is 0.143. The van der Waals surface area contributed by atoms with Crippen LogP contribution in [0.25, 0.3) is 0 Å². The van der Waals surface area contributed by atoms with E-state index in [2.05, 4.69) is 38.1 Å². The molecule has 0 unspecified atom stereocenters. The van der Waals surface area contributed by atoms with Gasteiger partial charge in [0.15, 0.2) is 0 Å². The maximum atomic E-state index is 5.82. The number of anilines is 2. The van der Waals surface area contributed by atoms with Gasteiger partial charge in [0.2, 0.25) is 0 Å². The number of nitrogens with two attached hydrogens (primary N) is 2. The number of aryl methyl sites for hydroxylation is 2. The summed E-state index contributed by atoms with van der Waals surface area (Å²) in [7, 11) is 0. The second kappa shape index (κ2) is 4.99. The van der Waals surface area contributed by atoms with Crippen molar-refractivity contribution in [2.24, 2.45) is 0 Å². The SMILES string of the molecule is Cc1cc([Te]c2ccc(N)c(C)c2)ccc1N. The van der Waals surface area contributed by atoms with Gasteiger partial charge in [-0.05, 0) is 0 Å². The Bertz CT molecular complexity index is 500. The van der Waals surface area contributed by atoms with Crippen LogP contribution in [0.2, 0.25) is 0 Å². The van der Waals surface area contributed by atoms with E-state index >= 15 is 0 Å². The first-order chi connectivity index (χ1) is 8.06. The van der Waals surface area contributed by atoms with Gasteiger partial charge in [0, 0.05) is 0 Å². The molecule has 0 heterocycles. The average Bonchev–Trinajstić information content (AvgIpc) is 2.29. The summed E-state index contributed by atoms with van der Waals surface area (Å²) in [5.74, 6) is 0. The number of hydrogen-bond donors (Lipinski definition) is 2. The monoisotopic (exact) mass is 342 g/mol. The topological polar surface area (TPSA) is 52.0 Å². The first kappa shape index (κ1) is 12.3. The van der Waals surface area contributed by atoms with Crippen molar-refractivity contribution < 1.29 is 0 Å². The molecule has 0 fully saturated rings. The van der Waals surface area contributed by atoms with Crippen LogP contribution < -0.4 is 18.7 Å². The molecule has 0 atom stereocenters. The van der Waals surface area contributed by atoms with Crippen LogP contribution in [0.15, 0.2) is 36.4 Å².